The quantitative estimate of drug-likeness (QED) is 0.206. The number of fused-ring (bicyclic) bond motifs is 1. The minimum absolute atomic E-state index is 0.484. The number of aliphatic carboxylic acids is 1. The minimum atomic E-state index is -0.833. The molecular formula is C35H36ClNO2S. The second-order valence-electron chi connectivity index (χ2n) is 10.3. The topological polar surface area (TPSA) is 50.2 Å². The number of carboxylic acids is 1. The van der Waals surface area contributed by atoms with E-state index in [9.17, 15) is 0 Å². The van der Waals surface area contributed by atoms with Crippen molar-refractivity contribution in [1.82, 2.24) is 4.98 Å². The number of thioether (sulfide) groups is 1. The summed E-state index contributed by atoms with van der Waals surface area (Å²) in [6.45, 7) is 7.38. The number of aromatic nitrogens is 1. The van der Waals surface area contributed by atoms with E-state index in [-0.39, 0.29) is 0 Å². The molecule has 0 unspecified atom stereocenters. The zero-order valence-corrected chi connectivity index (χ0v) is 24.7. The number of hydrogen-bond acceptors (Lipinski definition) is 3. The molecule has 3 nitrogen and oxygen atoms in total. The van der Waals surface area contributed by atoms with Crippen LogP contribution in [-0.2, 0) is 11.2 Å². The van der Waals surface area contributed by atoms with Gasteiger partial charge in [0.2, 0.25) is 0 Å². The largest absolute Gasteiger partial charge is 0.481 e. The van der Waals surface area contributed by atoms with Gasteiger partial charge in [-0.1, -0.05) is 90.5 Å². The molecule has 1 aromatic heterocycles. The molecule has 0 spiro atoms. The van der Waals surface area contributed by atoms with Crippen LogP contribution in [0, 0.1) is 5.92 Å². The molecule has 206 valence electrons. The lowest BCUT2D eigenvalue weighted by atomic mass is 9.96. The summed E-state index contributed by atoms with van der Waals surface area (Å²) in [5.41, 5.74) is 8.32. The summed E-state index contributed by atoms with van der Waals surface area (Å²) >= 11 is 8.30. The van der Waals surface area contributed by atoms with E-state index in [1.807, 2.05) is 18.2 Å². The first-order valence-corrected chi connectivity index (χ1v) is 15.1. The molecule has 0 radical (unpaired) electrons. The van der Waals surface area contributed by atoms with Crippen LogP contribution in [0.3, 0.4) is 0 Å². The molecule has 40 heavy (non-hydrogen) atoms. The van der Waals surface area contributed by atoms with E-state index in [0.717, 1.165) is 47.9 Å². The van der Waals surface area contributed by atoms with Gasteiger partial charge in [-0.15, -0.1) is 0 Å². The molecule has 1 aliphatic rings. The average molecular weight is 570 g/mol. The lowest BCUT2D eigenvalue weighted by molar-refractivity contribution is -0.134. The summed E-state index contributed by atoms with van der Waals surface area (Å²) in [7, 11) is 0. The third kappa shape index (κ3) is 9.11. The molecule has 5 heteroatoms. The molecule has 1 atom stereocenters. The van der Waals surface area contributed by atoms with Gasteiger partial charge in [0.1, 0.15) is 0 Å². The summed E-state index contributed by atoms with van der Waals surface area (Å²) in [6, 6.07) is 27.7. The Bertz CT molecular complexity index is 1500. The standard InChI is InChI=1S/C33H32ClNS.C2H4O2/c1-23(2)31-9-4-3-7-26(31)15-19-33(36-22-25-10-11-25)28-8-5-6-24(20-28)12-17-30-18-14-27-13-16-29(34)21-32(27)35-30;1-2(3)4/h3-9,12-14,16-18,20-21,25,33H,1,10-11,15,19,22H2,2H3;1H3,(H,3,4)/b17-12+;/t33-;/m1./s1. The highest BCUT2D eigenvalue weighted by molar-refractivity contribution is 7.99. The molecule has 0 saturated heterocycles. The Labute approximate surface area is 247 Å². The van der Waals surface area contributed by atoms with Crippen LogP contribution in [0.1, 0.15) is 66.3 Å². The van der Waals surface area contributed by atoms with Gasteiger partial charge in [0.25, 0.3) is 5.97 Å². The van der Waals surface area contributed by atoms with Crippen LogP contribution in [0.5, 0.6) is 0 Å². The van der Waals surface area contributed by atoms with Crippen molar-refractivity contribution in [2.45, 2.75) is 44.8 Å². The van der Waals surface area contributed by atoms with Crippen molar-refractivity contribution in [1.29, 1.82) is 0 Å². The first-order valence-electron chi connectivity index (χ1n) is 13.7. The molecule has 0 aliphatic heterocycles. The Morgan fingerprint density at radius 1 is 1.05 bits per heavy atom. The molecule has 0 amide bonds. The van der Waals surface area contributed by atoms with E-state index in [1.165, 1.54) is 40.8 Å². The van der Waals surface area contributed by atoms with E-state index >= 15 is 0 Å². The van der Waals surface area contributed by atoms with Crippen molar-refractivity contribution >= 4 is 58.0 Å². The molecule has 1 aliphatic carbocycles. The normalized spacial score (nSPS) is 13.6. The molecule has 1 fully saturated rings. The van der Waals surface area contributed by atoms with Gasteiger partial charge in [0.05, 0.1) is 11.2 Å². The molecule has 1 heterocycles. The van der Waals surface area contributed by atoms with Crippen molar-refractivity contribution in [2.24, 2.45) is 5.92 Å². The number of hydrogen-bond donors (Lipinski definition) is 1. The third-order valence-electron chi connectivity index (χ3n) is 6.79. The SMILES string of the molecule is C=C(C)c1ccccc1CC[C@@H](SCC1CC1)c1cccc(/C=C/c2ccc3ccc(Cl)cc3n2)c1.CC(=O)O. The lowest BCUT2D eigenvalue weighted by Gasteiger charge is -2.19. The summed E-state index contributed by atoms with van der Waals surface area (Å²) < 4.78 is 0. The highest BCUT2D eigenvalue weighted by atomic mass is 35.5. The zero-order valence-electron chi connectivity index (χ0n) is 23.1. The molecule has 3 aromatic carbocycles. The second kappa shape index (κ2) is 14.3. The van der Waals surface area contributed by atoms with Gasteiger partial charge in [-0.05, 0) is 90.8 Å². The maximum absolute atomic E-state index is 9.00. The van der Waals surface area contributed by atoms with E-state index < -0.39 is 5.97 Å². The van der Waals surface area contributed by atoms with E-state index in [1.54, 1.807) is 0 Å². The maximum Gasteiger partial charge on any atom is 0.300 e. The number of halogens is 1. The zero-order chi connectivity index (χ0) is 28.5. The van der Waals surface area contributed by atoms with Crippen LogP contribution in [0.4, 0.5) is 0 Å². The fraction of sp³-hybridized carbons (Fsp3) is 0.257. The Morgan fingerprint density at radius 3 is 2.55 bits per heavy atom. The van der Waals surface area contributed by atoms with Crippen LogP contribution in [0.25, 0.3) is 28.6 Å². The van der Waals surface area contributed by atoms with Crippen molar-refractivity contribution in [3.8, 4) is 0 Å². The Kier molecular flexibility index (Phi) is 10.6. The van der Waals surface area contributed by atoms with E-state index in [4.69, 9.17) is 26.5 Å². The van der Waals surface area contributed by atoms with Gasteiger partial charge in [-0.2, -0.15) is 11.8 Å². The van der Waals surface area contributed by atoms with Gasteiger partial charge in [-0.3, -0.25) is 4.79 Å². The monoisotopic (exact) mass is 569 g/mol. The number of rotatable bonds is 10. The lowest BCUT2D eigenvalue weighted by Crippen LogP contribution is -2.01. The van der Waals surface area contributed by atoms with Crippen molar-refractivity contribution in [3.63, 3.8) is 0 Å². The number of pyridine rings is 1. The first kappa shape index (κ1) is 29.6. The molecule has 5 rings (SSSR count). The van der Waals surface area contributed by atoms with E-state index in [0.29, 0.717) is 10.3 Å². The fourth-order valence-electron chi connectivity index (χ4n) is 4.57. The van der Waals surface area contributed by atoms with Crippen molar-refractivity contribution in [3.05, 3.63) is 118 Å². The van der Waals surface area contributed by atoms with E-state index in [2.05, 4.69) is 98.1 Å². The van der Waals surface area contributed by atoms with Gasteiger partial charge in [-0.25, -0.2) is 4.98 Å². The number of benzene rings is 3. The fourth-order valence-corrected chi connectivity index (χ4v) is 6.20. The van der Waals surface area contributed by atoms with Crippen molar-refractivity contribution < 1.29 is 9.90 Å². The highest BCUT2D eigenvalue weighted by Gasteiger charge is 2.24. The number of carboxylic acid groups (broad SMARTS) is 1. The molecule has 0 bridgehead atoms. The van der Waals surface area contributed by atoms with Gasteiger partial charge in [0, 0.05) is 22.6 Å². The summed E-state index contributed by atoms with van der Waals surface area (Å²) in [6.07, 6.45) is 9.24. The molecular weight excluding hydrogens is 534 g/mol. The highest BCUT2D eigenvalue weighted by Crippen LogP contribution is 2.41. The van der Waals surface area contributed by atoms with Gasteiger partial charge in [0.15, 0.2) is 0 Å². The summed E-state index contributed by atoms with van der Waals surface area (Å²) in [4.78, 5) is 13.8. The average Bonchev–Trinajstić information content (AvgIpc) is 3.76. The Morgan fingerprint density at radius 2 is 1.80 bits per heavy atom. The minimum Gasteiger partial charge on any atom is -0.481 e. The van der Waals surface area contributed by atoms with Gasteiger partial charge >= 0.3 is 0 Å². The van der Waals surface area contributed by atoms with Crippen LogP contribution in [-0.4, -0.2) is 21.8 Å². The van der Waals surface area contributed by atoms with Crippen LogP contribution >= 0.6 is 23.4 Å². The van der Waals surface area contributed by atoms with Gasteiger partial charge < -0.3 is 5.11 Å². The predicted octanol–water partition coefficient (Wildman–Crippen LogP) is 10.00. The number of allylic oxidation sites excluding steroid dienone is 1. The summed E-state index contributed by atoms with van der Waals surface area (Å²) in [5, 5.41) is 9.71. The first-order chi connectivity index (χ1) is 19.3. The second-order valence-corrected chi connectivity index (χ2v) is 12.0. The maximum atomic E-state index is 9.00. The smallest absolute Gasteiger partial charge is 0.300 e. The number of carbonyl (C=O) groups is 1. The number of nitrogens with zero attached hydrogens (tertiary/aromatic N) is 1. The van der Waals surface area contributed by atoms with Crippen molar-refractivity contribution in [2.75, 3.05) is 5.75 Å². The molecule has 4 aromatic rings. The van der Waals surface area contributed by atoms with Crippen LogP contribution < -0.4 is 0 Å². The van der Waals surface area contributed by atoms with Crippen LogP contribution in [0.15, 0.2) is 85.4 Å². The summed E-state index contributed by atoms with van der Waals surface area (Å²) in [5.74, 6) is 1.34. The number of aryl methyl sites for hydroxylation is 1. The third-order valence-corrected chi connectivity index (χ3v) is 8.60. The molecule has 1 saturated carbocycles. The molecule has 1 N–H and O–H groups in total. The Hall–Kier alpha value is -3.34. The predicted molar refractivity (Wildman–Crippen MR) is 173 cm³/mol. The Balaban J connectivity index is 0.000000867. The van der Waals surface area contributed by atoms with Crippen LogP contribution in [0.2, 0.25) is 5.02 Å².